The Hall–Kier alpha value is -1.32. The molecule has 0 aliphatic rings. The fraction of sp³-hybridized carbons (Fsp3) is 0.100. The Morgan fingerprint density at radius 3 is 2.76 bits per heavy atom. The van der Waals surface area contributed by atoms with Crippen molar-refractivity contribution in [2.75, 3.05) is 6.26 Å². The normalized spacial score (nSPS) is 10.5. The standard InChI is InChI=1S/C10H6FIN4S/c1-17-10(15-5-14)16-9-3-7(11)6(4-13)2-8(9)12/h2-3H,1H3,(H,15,16). The number of aliphatic imine (C=N–C) groups is 1. The molecule has 0 aromatic heterocycles. The first-order chi connectivity index (χ1) is 8.12. The molecule has 1 aromatic carbocycles. The molecule has 0 spiro atoms. The molecule has 17 heavy (non-hydrogen) atoms. The van der Waals surface area contributed by atoms with Gasteiger partial charge in [0.1, 0.15) is 11.9 Å². The van der Waals surface area contributed by atoms with E-state index in [9.17, 15) is 4.39 Å². The molecule has 4 nitrogen and oxygen atoms in total. The van der Waals surface area contributed by atoms with E-state index in [2.05, 4.69) is 10.3 Å². The Kier molecular flexibility index (Phi) is 5.19. The SMILES string of the molecule is CSC(=Nc1cc(F)c(C#N)cc1I)NC#N. The second-order valence-corrected chi connectivity index (χ2v) is 4.71. The quantitative estimate of drug-likeness (QED) is 0.275. The molecule has 1 aromatic rings. The van der Waals surface area contributed by atoms with Gasteiger partial charge in [-0.05, 0) is 34.9 Å². The minimum absolute atomic E-state index is 0.0210. The largest absolute Gasteiger partial charge is 0.271 e. The lowest BCUT2D eigenvalue weighted by molar-refractivity contribution is 0.624. The summed E-state index contributed by atoms with van der Waals surface area (Å²) in [5.41, 5.74) is 0.362. The zero-order valence-electron chi connectivity index (χ0n) is 8.66. The summed E-state index contributed by atoms with van der Waals surface area (Å²) in [5.74, 6) is -0.621. The van der Waals surface area contributed by atoms with Crippen LogP contribution in [0, 0.1) is 32.2 Å². The van der Waals surface area contributed by atoms with Crippen LogP contribution >= 0.6 is 34.4 Å². The van der Waals surface area contributed by atoms with Crippen molar-refractivity contribution in [2.24, 2.45) is 4.99 Å². The first kappa shape index (κ1) is 13.7. The molecule has 0 heterocycles. The summed E-state index contributed by atoms with van der Waals surface area (Å²) in [5, 5.41) is 19.9. The van der Waals surface area contributed by atoms with Crippen molar-refractivity contribution < 1.29 is 4.39 Å². The zero-order chi connectivity index (χ0) is 12.8. The average Bonchev–Trinajstić information content (AvgIpc) is 2.32. The Balaban J connectivity index is 3.21. The lowest BCUT2D eigenvalue weighted by Gasteiger charge is -2.03. The van der Waals surface area contributed by atoms with Crippen molar-refractivity contribution in [3.8, 4) is 12.3 Å². The van der Waals surface area contributed by atoms with Crippen molar-refractivity contribution in [1.82, 2.24) is 5.32 Å². The van der Waals surface area contributed by atoms with Gasteiger partial charge < -0.3 is 0 Å². The van der Waals surface area contributed by atoms with Crippen molar-refractivity contribution in [3.63, 3.8) is 0 Å². The average molecular weight is 360 g/mol. The van der Waals surface area contributed by atoms with E-state index < -0.39 is 5.82 Å². The number of rotatable bonds is 1. The van der Waals surface area contributed by atoms with Gasteiger partial charge in [0.2, 0.25) is 0 Å². The molecule has 0 amide bonds. The predicted octanol–water partition coefficient (Wildman–Crippen LogP) is 2.72. The molecule has 0 fully saturated rings. The predicted molar refractivity (Wildman–Crippen MR) is 73.2 cm³/mol. The second-order valence-electron chi connectivity index (χ2n) is 2.75. The number of benzene rings is 1. The first-order valence-corrected chi connectivity index (χ1v) is 6.59. The number of hydrogen-bond acceptors (Lipinski definition) is 4. The van der Waals surface area contributed by atoms with E-state index in [1.165, 1.54) is 23.9 Å². The summed E-state index contributed by atoms with van der Waals surface area (Å²) < 4.78 is 14.0. The van der Waals surface area contributed by atoms with Crippen LogP contribution in [0.5, 0.6) is 0 Å². The zero-order valence-corrected chi connectivity index (χ0v) is 11.6. The highest BCUT2D eigenvalue weighted by molar-refractivity contribution is 14.1. The maximum Gasteiger partial charge on any atom is 0.183 e. The van der Waals surface area contributed by atoms with Gasteiger partial charge in [0.25, 0.3) is 0 Å². The highest BCUT2D eigenvalue weighted by Crippen LogP contribution is 2.25. The Morgan fingerprint density at radius 1 is 1.53 bits per heavy atom. The molecule has 86 valence electrons. The number of nitrogens with zero attached hydrogens (tertiary/aromatic N) is 3. The molecule has 1 rings (SSSR count). The van der Waals surface area contributed by atoms with E-state index in [1.807, 2.05) is 22.6 Å². The van der Waals surface area contributed by atoms with Crippen LogP contribution in [0.2, 0.25) is 0 Å². The highest BCUT2D eigenvalue weighted by atomic mass is 127. The van der Waals surface area contributed by atoms with E-state index >= 15 is 0 Å². The Labute approximate surface area is 116 Å². The number of hydrogen-bond donors (Lipinski definition) is 1. The molecule has 0 saturated carbocycles. The molecule has 0 unspecified atom stereocenters. The molecule has 0 bridgehead atoms. The Bertz CT molecular complexity index is 544. The van der Waals surface area contributed by atoms with Gasteiger partial charge in [-0.3, -0.25) is 5.32 Å². The van der Waals surface area contributed by atoms with Gasteiger partial charge in [-0.1, -0.05) is 11.8 Å². The van der Waals surface area contributed by atoms with Crippen molar-refractivity contribution >= 4 is 45.2 Å². The van der Waals surface area contributed by atoms with Gasteiger partial charge in [-0.2, -0.15) is 10.5 Å². The maximum absolute atomic E-state index is 13.4. The molecular weight excluding hydrogens is 354 g/mol. The first-order valence-electron chi connectivity index (χ1n) is 4.29. The van der Waals surface area contributed by atoms with E-state index in [-0.39, 0.29) is 5.56 Å². The van der Waals surface area contributed by atoms with Crippen LogP contribution in [0.1, 0.15) is 5.56 Å². The minimum atomic E-state index is -0.621. The molecule has 0 saturated heterocycles. The lowest BCUT2D eigenvalue weighted by atomic mass is 10.2. The lowest BCUT2D eigenvalue weighted by Crippen LogP contribution is -2.12. The van der Waals surface area contributed by atoms with Gasteiger partial charge in [0, 0.05) is 9.64 Å². The van der Waals surface area contributed by atoms with Crippen LogP contribution in [0.25, 0.3) is 0 Å². The third-order valence-corrected chi connectivity index (χ3v) is 3.18. The van der Waals surface area contributed by atoms with Gasteiger partial charge in [-0.25, -0.2) is 9.38 Å². The Morgan fingerprint density at radius 2 is 2.24 bits per heavy atom. The minimum Gasteiger partial charge on any atom is -0.271 e. The van der Waals surface area contributed by atoms with Crippen molar-refractivity contribution in [2.45, 2.75) is 0 Å². The molecular formula is C10H6FIN4S. The number of thioether (sulfide) groups is 1. The summed E-state index contributed by atoms with van der Waals surface area (Å²) in [7, 11) is 0. The van der Waals surface area contributed by atoms with E-state index in [4.69, 9.17) is 10.5 Å². The molecule has 7 heteroatoms. The third-order valence-electron chi connectivity index (χ3n) is 1.74. The van der Waals surface area contributed by atoms with E-state index in [0.717, 1.165) is 0 Å². The second kappa shape index (κ2) is 6.42. The molecule has 0 aliphatic carbocycles. The van der Waals surface area contributed by atoms with Gasteiger partial charge >= 0.3 is 0 Å². The summed E-state index contributed by atoms with van der Waals surface area (Å²) >= 11 is 3.20. The van der Waals surface area contributed by atoms with Gasteiger partial charge in [0.05, 0.1) is 11.3 Å². The summed E-state index contributed by atoms with van der Waals surface area (Å²) in [6.07, 6.45) is 3.49. The molecule has 0 aliphatic heterocycles. The molecule has 0 radical (unpaired) electrons. The topological polar surface area (TPSA) is 72.0 Å². The smallest absolute Gasteiger partial charge is 0.183 e. The maximum atomic E-state index is 13.4. The van der Waals surface area contributed by atoms with Crippen LogP contribution in [0.3, 0.4) is 0 Å². The van der Waals surface area contributed by atoms with Crippen LogP contribution in [0.15, 0.2) is 17.1 Å². The van der Waals surface area contributed by atoms with Gasteiger partial charge in [-0.15, -0.1) is 0 Å². The van der Waals surface area contributed by atoms with Crippen molar-refractivity contribution in [1.29, 1.82) is 10.5 Å². The number of nitriles is 2. The van der Waals surface area contributed by atoms with Crippen molar-refractivity contribution in [3.05, 3.63) is 27.1 Å². The number of halogens is 2. The monoisotopic (exact) mass is 360 g/mol. The number of amidine groups is 1. The van der Waals surface area contributed by atoms with E-state index in [1.54, 1.807) is 18.5 Å². The van der Waals surface area contributed by atoms with E-state index in [0.29, 0.717) is 14.4 Å². The summed E-state index contributed by atoms with van der Waals surface area (Å²) in [6.45, 7) is 0. The fourth-order valence-corrected chi connectivity index (χ4v) is 1.91. The highest BCUT2D eigenvalue weighted by Gasteiger charge is 2.08. The summed E-state index contributed by atoms with van der Waals surface area (Å²) in [4.78, 5) is 4.09. The summed E-state index contributed by atoms with van der Waals surface area (Å²) in [6, 6.07) is 4.35. The molecule has 1 N–H and O–H groups in total. The number of nitrogens with one attached hydrogen (secondary N) is 1. The van der Waals surface area contributed by atoms with Crippen LogP contribution in [-0.4, -0.2) is 11.4 Å². The van der Waals surface area contributed by atoms with Crippen LogP contribution in [-0.2, 0) is 0 Å². The van der Waals surface area contributed by atoms with Crippen LogP contribution < -0.4 is 5.32 Å². The third kappa shape index (κ3) is 3.58. The van der Waals surface area contributed by atoms with Gasteiger partial charge in [0.15, 0.2) is 11.4 Å². The van der Waals surface area contributed by atoms with Crippen LogP contribution in [0.4, 0.5) is 10.1 Å². The molecule has 0 atom stereocenters. The fourth-order valence-electron chi connectivity index (χ4n) is 0.990.